The van der Waals surface area contributed by atoms with Crippen LogP contribution < -0.4 is 10.1 Å². The monoisotopic (exact) mass is 398 g/mol. The molecular weight excluding hydrogens is 384 g/mol. The van der Waals surface area contributed by atoms with Crippen LogP contribution in [0.3, 0.4) is 0 Å². The average molecular weight is 400 g/mol. The summed E-state index contributed by atoms with van der Waals surface area (Å²) in [5, 5.41) is 3.33. The smallest absolute Gasteiger partial charge is 0.122 e. The second-order valence-corrected chi connectivity index (χ2v) is 6.27. The van der Waals surface area contributed by atoms with Crippen molar-refractivity contribution in [1.82, 2.24) is 10.3 Å². The van der Waals surface area contributed by atoms with Crippen LogP contribution >= 0.6 is 31.9 Å². The zero-order chi connectivity index (χ0) is 14.5. The molecule has 5 heteroatoms. The Morgan fingerprint density at radius 1 is 1.20 bits per heavy atom. The van der Waals surface area contributed by atoms with Crippen molar-refractivity contribution in [1.29, 1.82) is 0 Å². The van der Waals surface area contributed by atoms with Crippen LogP contribution in [-0.2, 0) is 6.42 Å². The molecule has 1 N–H and O–H groups in total. The number of ether oxygens (including phenoxy) is 1. The van der Waals surface area contributed by atoms with E-state index in [1.807, 2.05) is 25.4 Å². The van der Waals surface area contributed by atoms with Crippen molar-refractivity contribution in [2.45, 2.75) is 12.5 Å². The Balaban J connectivity index is 2.28. The van der Waals surface area contributed by atoms with Crippen LogP contribution in [0.15, 0.2) is 45.6 Å². The number of hydrogen-bond donors (Lipinski definition) is 1. The van der Waals surface area contributed by atoms with Crippen LogP contribution in [0.5, 0.6) is 5.75 Å². The zero-order valence-corrected chi connectivity index (χ0v) is 14.5. The average Bonchev–Trinajstić information content (AvgIpc) is 2.45. The van der Waals surface area contributed by atoms with Gasteiger partial charge in [0.15, 0.2) is 0 Å². The molecular formula is C15H16Br2N2O. The number of halogens is 2. The molecule has 0 bridgehead atoms. The standard InChI is InChI=1S/C15H16Br2N2O/c1-18-14(11-6-13(17)9-19-8-11)7-10-5-12(16)3-4-15(10)20-2/h3-6,8-9,14,18H,7H2,1-2H3. The lowest BCUT2D eigenvalue weighted by Crippen LogP contribution is -2.19. The molecule has 0 aliphatic rings. The van der Waals surface area contributed by atoms with E-state index < -0.39 is 0 Å². The lowest BCUT2D eigenvalue weighted by molar-refractivity contribution is 0.406. The van der Waals surface area contributed by atoms with E-state index in [-0.39, 0.29) is 6.04 Å². The SMILES string of the molecule is CNC(Cc1cc(Br)ccc1OC)c1cncc(Br)c1. The zero-order valence-electron chi connectivity index (χ0n) is 11.4. The van der Waals surface area contributed by atoms with E-state index in [2.05, 4.69) is 54.3 Å². The maximum atomic E-state index is 5.43. The minimum Gasteiger partial charge on any atom is -0.496 e. The van der Waals surface area contributed by atoms with Crippen LogP contribution in [0.4, 0.5) is 0 Å². The molecule has 1 aromatic carbocycles. The van der Waals surface area contributed by atoms with Gasteiger partial charge in [0.2, 0.25) is 0 Å². The van der Waals surface area contributed by atoms with Crippen LogP contribution in [-0.4, -0.2) is 19.1 Å². The van der Waals surface area contributed by atoms with Gasteiger partial charge in [-0.25, -0.2) is 0 Å². The molecule has 0 saturated carbocycles. The van der Waals surface area contributed by atoms with E-state index in [9.17, 15) is 0 Å². The number of pyridine rings is 1. The van der Waals surface area contributed by atoms with E-state index in [0.717, 1.165) is 32.2 Å². The molecule has 0 aliphatic carbocycles. The van der Waals surface area contributed by atoms with Gasteiger partial charge in [-0.15, -0.1) is 0 Å². The first-order valence-electron chi connectivity index (χ1n) is 6.24. The quantitative estimate of drug-likeness (QED) is 0.821. The molecule has 0 fully saturated rings. The number of benzene rings is 1. The Labute approximate surface area is 136 Å². The first-order valence-corrected chi connectivity index (χ1v) is 7.82. The summed E-state index contributed by atoms with van der Waals surface area (Å²) in [6, 6.07) is 8.32. The van der Waals surface area contributed by atoms with Gasteiger partial charge in [-0.2, -0.15) is 0 Å². The Kier molecular flexibility index (Phi) is 5.57. The second kappa shape index (κ2) is 7.20. The van der Waals surface area contributed by atoms with Gasteiger partial charge >= 0.3 is 0 Å². The van der Waals surface area contributed by atoms with E-state index in [0.29, 0.717) is 0 Å². The maximum Gasteiger partial charge on any atom is 0.122 e. The number of rotatable bonds is 5. The number of nitrogens with one attached hydrogen (secondary N) is 1. The molecule has 2 rings (SSSR count). The third-order valence-corrected chi connectivity index (χ3v) is 4.07. The Morgan fingerprint density at radius 2 is 2.00 bits per heavy atom. The largest absolute Gasteiger partial charge is 0.496 e. The molecule has 20 heavy (non-hydrogen) atoms. The van der Waals surface area contributed by atoms with E-state index >= 15 is 0 Å². The van der Waals surface area contributed by atoms with Crippen molar-refractivity contribution in [3.63, 3.8) is 0 Å². The molecule has 1 unspecified atom stereocenters. The summed E-state index contributed by atoms with van der Waals surface area (Å²) in [6.07, 6.45) is 4.50. The van der Waals surface area contributed by atoms with E-state index in [4.69, 9.17) is 4.74 Å². The highest BCUT2D eigenvalue weighted by Crippen LogP contribution is 2.28. The van der Waals surface area contributed by atoms with Crippen molar-refractivity contribution < 1.29 is 4.74 Å². The predicted octanol–water partition coefficient (Wildman–Crippen LogP) is 4.12. The van der Waals surface area contributed by atoms with Gasteiger partial charge in [-0.3, -0.25) is 4.98 Å². The topological polar surface area (TPSA) is 34.1 Å². The van der Waals surface area contributed by atoms with Crippen molar-refractivity contribution in [2.75, 3.05) is 14.2 Å². The second-order valence-electron chi connectivity index (χ2n) is 4.44. The van der Waals surface area contributed by atoms with Crippen molar-refractivity contribution in [2.24, 2.45) is 0 Å². The number of methoxy groups -OCH3 is 1. The molecule has 0 amide bonds. The first kappa shape index (κ1) is 15.5. The number of nitrogens with zero attached hydrogens (tertiary/aromatic N) is 1. The van der Waals surface area contributed by atoms with Gasteiger partial charge in [0.1, 0.15) is 5.75 Å². The Morgan fingerprint density at radius 3 is 2.65 bits per heavy atom. The molecule has 0 aliphatic heterocycles. The molecule has 0 radical (unpaired) electrons. The van der Waals surface area contributed by atoms with Gasteiger partial charge in [0.25, 0.3) is 0 Å². The molecule has 1 atom stereocenters. The molecule has 3 nitrogen and oxygen atoms in total. The van der Waals surface area contributed by atoms with Crippen molar-refractivity contribution in [3.8, 4) is 5.75 Å². The van der Waals surface area contributed by atoms with Gasteiger partial charge in [-0.1, -0.05) is 15.9 Å². The van der Waals surface area contributed by atoms with E-state index in [1.54, 1.807) is 13.3 Å². The summed E-state index contributed by atoms with van der Waals surface area (Å²) in [6.45, 7) is 0. The van der Waals surface area contributed by atoms with Gasteiger partial charge in [0.05, 0.1) is 7.11 Å². The lowest BCUT2D eigenvalue weighted by Gasteiger charge is -2.18. The maximum absolute atomic E-state index is 5.43. The number of hydrogen-bond acceptors (Lipinski definition) is 3. The number of aromatic nitrogens is 1. The normalized spacial score (nSPS) is 12.2. The summed E-state index contributed by atoms with van der Waals surface area (Å²) in [5.74, 6) is 0.899. The molecule has 1 heterocycles. The van der Waals surface area contributed by atoms with Crippen LogP contribution in [0.2, 0.25) is 0 Å². The molecule has 106 valence electrons. The first-order chi connectivity index (χ1) is 9.63. The fourth-order valence-corrected chi connectivity index (χ4v) is 2.92. The van der Waals surface area contributed by atoms with Gasteiger partial charge in [-0.05, 0) is 64.8 Å². The van der Waals surface area contributed by atoms with Crippen molar-refractivity contribution in [3.05, 3.63) is 56.7 Å². The minimum absolute atomic E-state index is 0.184. The summed E-state index contributed by atoms with van der Waals surface area (Å²) < 4.78 is 7.47. The summed E-state index contributed by atoms with van der Waals surface area (Å²) in [5.41, 5.74) is 2.30. The summed E-state index contributed by atoms with van der Waals surface area (Å²) >= 11 is 6.97. The van der Waals surface area contributed by atoms with Crippen molar-refractivity contribution >= 4 is 31.9 Å². The fraction of sp³-hybridized carbons (Fsp3) is 0.267. The van der Waals surface area contributed by atoms with Crippen LogP contribution in [0.25, 0.3) is 0 Å². The van der Waals surface area contributed by atoms with E-state index in [1.165, 1.54) is 0 Å². The lowest BCUT2D eigenvalue weighted by atomic mass is 10.00. The highest BCUT2D eigenvalue weighted by atomic mass is 79.9. The predicted molar refractivity (Wildman–Crippen MR) is 88.1 cm³/mol. The highest BCUT2D eigenvalue weighted by Gasteiger charge is 2.14. The number of likely N-dealkylation sites (N-methyl/N-ethyl adjacent to an activating group) is 1. The third-order valence-electron chi connectivity index (χ3n) is 3.14. The highest BCUT2D eigenvalue weighted by molar-refractivity contribution is 9.10. The van der Waals surface area contributed by atoms with Gasteiger partial charge < -0.3 is 10.1 Å². The molecule has 1 aromatic heterocycles. The summed E-state index contributed by atoms with van der Waals surface area (Å²) in [7, 11) is 3.65. The molecule has 2 aromatic rings. The molecule has 0 spiro atoms. The molecule has 0 saturated heterocycles. The fourth-order valence-electron chi connectivity index (χ4n) is 2.13. The Hall–Kier alpha value is -0.910. The van der Waals surface area contributed by atoms with Crippen LogP contribution in [0, 0.1) is 0 Å². The van der Waals surface area contributed by atoms with Gasteiger partial charge in [0, 0.05) is 27.4 Å². The third kappa shape index (κ3) is 3.81. The summed E-state index contributed by atoms with van der Waals surface area (Å²) in [4.78, 5) is 4.23. The minimum atomic E-state index is 0.184. The Bertz CT molecular complexity index is 590. The van der Waals surface area contributed by atoms with Crippen LogP contribution in [0.1, 0.15) is 17.2 Å².